The number of hydrogen-bond donors (Lipinski definition) is 2. The Bertz CT molecular complexity index is 584. The van der Waals surface area contributed by atoms with Gasteiger partial charge in [-0.15, -0.1) is 0 Å². The Kier molecular flexibility index (Phi) is 10.8. The molecule has 0 saturated carbocycles. The molecule has 0 heterocycles. The second-order valence-corrected chi connectivity index (χ2v) is 13.5. The molecule has 0 aliphatic carbocycles. The van der Waals surface area contributed by atoms with Gasteiger partial charge in [-0.25, -0.2) is 0 Å². The molecule has 0 saturated heterocycles. The van der Waals surface area contributed by atoms with Crippen molar-refractivity contribution in [1.82, 2.24) is 10.6 Å². The number of amides is 2. The molecule has 5 heteroatoms. The Labute approximate surface area is 192 Å². The van der Waals surface area contributed by atoms with Gasteiger partial charge >= 0.3 is 0 Å². The zero-order valence-corrected chi connectivity index (χ0v) is 22.7. The molecule has 0 rings (SSSR count). The lowest BCUT2D eigenvalue weighted by Crippen LogP contribution is -2.43. The van der Waals surface area contributed by atoms with Crippen LogP contribution in [0.4, 0.5) is 0 Å². The highest BCUT2D eigenvalue weighted by atomic mass is 16.5. The predicted molar refractivity (Wildman–Crippen MR) is 131 cm³/mol. The second-order valence-electron chi connectivity index (χ2n) is 13.5. The third-order valence-corrected chi connectivity index (χ3v) is 5.42. The van der Waals surface area contributed by atoms with Crippen molar-refractivity contribution in [2.24, 2.45) is 27.1 Å². The monoisotopic (exact) mass is 440 g/mol. The first-order chi connectivity index (χ1) is 13.7. The third-order valence-electron chi connectivity index (χ3n) is 5.42. The van der Waals surface area contributed by atoms with E-state index in [1.54, 1.807) is 0 Å². The van der Waals surface area contributed by atoms with E-state index in [-0.39, 0.29) is 38.9 Å². The highest BCUT2D eigenvalue weighted by molar-refractivity contribution is 5.81. The van der Waals surface area contributed by atoms with Gasteiger partial charge in [-0.1, -0.05) is 76.2 Å². The van der Waals surface area contributed by atoms with Gasteiger partial charge in [-0.05, 0) is 41.4 Å². The number of nitrogens with one attached hydrogen (secondary N) is 2. The molecule has 184 valence electrons. The summed E-state index contributed by atoms with van der Waals surface area (Å²) in [6.07, 6.45) is 2.33. The van der Waals surface area contributed by atoms with Crippen molar-refractivity contribution < 1.29 is 14.3 Å². The second kappa shape index (κ2) is 11.2. The zero-order valence-electron chi connectivity index (χ0n) is 22.7. The Morgan fingerprint density at radius 3 is 1.58 bits per heavy atom. The SMILES string of the molecule is CCOCC(C)(C)CC(C)(C)CC(=O)NCC(C)(C)CC(C)(C)CNC(=O)C(C)(C)C. The first-order valence-corrected chi connectivity index (χ1v) is 11.8. The molecule has 0 atom stereocenters. The molecule has 0 bridgehead atoms. The van der Waals surface area contributed by atoms with E-state index in [2.05, 4.69) is 66.0 Å². The highest BCUT2D eigenvalue weighted by Gasteiger charge is 2.33. The Morgan fingerprint density at radius 2 is 1.13 bits per heavy atom. The first-order valence-electron chi connectivity index (χ1n) is 11.8. The number of rotatable bonds is 13. The largest absolute Gasteiger partial charge is 0.381 e. The maximum absolute atomic E-state index is 12.7. The molecule has 0 aromatic rings. The quantitative estimate of drug-likeness (QED) is 0.393. The topological polar surface area (TPSA) is 67.4 Å². The van der Waals surface area contributed by atoms with Crippen molar-refractivity contribution in [3.63, 3.8) is 0 Å². The fourth-order valence-electron chi connectivity index (χ4n) is 4.63. The zero-order chi connectivity index (χ0) is 24.7. The molecule has 2 amide bonds. The predicted octanol–water partition coefficient (Wildman–Crippen LogP) is 5.58. The van der Waals surface area contributed by atoms with Crippen LogP contribution in [0.1, 0.15) is 102 Å². The van der Waals surface area contributed by atoms with Crippen LogP contribution in [0.5, 0.6) is 0 Å². The summed E-state index contributed by atoms with van der Waals surface area (Å²) in [5.74, 6) is 0.172. The van der Waals surface area contributed by atoms with E-state index in [9.17, 15) is 9.59 Å². The van der Waals surface area contributed by atoms with Crippen LogP contribution in [0, 0.1) is 27.1 Å². The van der Waals surface area contributed by atoms with Crippen LogP contribution in [-0.2, 0) is 14.3 Å². The Balaban J connectivity index is 4.68. The minimum absolute atomic E-state index is 0.0422. The number of ether oxygens (including phenoxy) is 1. The van der Waals surface area contributed by atoms with Gasteiger partial charge in [0.25, 0.3) is 0 Å². The molecule has 0 aromatic carbocycles. The number of carbonyl (C=O) groups is 2. The molecule has 0 radical (unpaired) electrons. The van der Waals surface area contributed by atoms with Gasteiger partial charge in [-0.3, -0.25) is 9.59 Å². The fraction of sp³-hybridized carbons (Fsp3) is 0.923. The van der Waals surface area contributed by atoms with Gasteiger partial charge in [0.1, 0.15) is 0 Å². The fourth-order valence-corrected chi connectivity index (χ4v) is 4.63. The van der Waals surface area contributed by atoms with E-state index in [0.29, 0.717) is 26.1 Å². The van der Waals surface area contributed by atoms with Gasteiger partial charge in [-0.2, -0.15) is 0 Å². The summed E-state index contributed by atoms with van der Waals surface area (Å²) in [5.41, 5.74) is -0.558. The smallest absolute Gasteiger partial charge is 0.225 e. The molecule has 2 N–H and O–H groups in total. The minimum atomic E-state index is -0.385. The number of hydrogen-bond acceptors (Lipinski definition) is 3. The van der Waals surface area contributed by atoms with Crippen LogP contribution in [-0.4, -0.2) is 38.1 Å². The van der Waals surface area contributed by atoms with Crippen LogP contribution in [0.3, 0.4) is 0 Å². The van der Waals surface area contributed by atoms with E-state index < -0.39 is 0 Å². The van der Waals surface area contributed by atoms with E-state index in [0.717, 1.165) is 19.4 Å². The normalized spacial score (nSPS) is 13.8. The summed E-state index contributed by atoms with van der Waals surface area (Å²) < 4.78 is 5.61. The third kappa shape index (κ3) is 13.8. The Morgan fingerprint density at radius 1 is 0.677 bits per heavy atom. The van der Waals surface area contributed by atoms with Crippen molar-refractivity contribution in [3.8, 4) is 0 Å². The van der Waals surface area contributed by atoms with Crippen LogP contribution in [0.25, 0.3) is 0 Å². The van der Waals surface area contributed by atoms with Gasteiger partial charge in [0.2, 0.25) is 11.8 Å². The molecule has 0 spiro atoms. The molecular formula is C26H52N2O3. The minimum Gasteiger partial charge on any atom is -0.381 e. The summed E-state index contributed by atoms with van der Waals surface area (Å²) in [7, 11) is 0. The standard InChI is InChI=1S/C26H52N2O3/c1-13-31-19-26(11,12)15-23(5,6)14-20(29)27-17-24(7,8)16-25(9,10)18-28-21(30)22(2,3)4/h13-19H2,1-12H3,(H,27,29)(H,28,30). The van der Waals surface area contributed by atoms with E-state index in [1.807, 2.05) is 27.7 Å². The van der Waals surface area contributed by atoms with Crippen LogP contribution >= 0.6 is 0 Å². The lowest BCUT2D eigenvalue weighted by atomic mass is 9.73. The molecule has 0 unspecified atom stereocenters. The lowest BCUT2D eigenvalue weighted by Gasteiger charge is -2.37. The van der Waals surface area contributed by atoms with Crippen molar-refractivity contribution >= 4 is 11.8 Å². The van der Waals surface area contributed by atoms with Gasteiger partial charge < -0.3 is 15.4 Å². The maximum atomic E-state index is 12.7. The van der Waals surface area contributed by atoms with Gasteiger partial charge in [0, 0.05) is 31.5 Å². The molecular weight excluding hydrogens is 388 g/mol. The van der Waals surface area contributed by atoms with Gasteiger partial charge in [0.05, 0.1) is 6.61 Å². The summed E-state index contributed by atoms with van der Waals surface area (Å²) in [6.45, 7) is 27.9. The average molecular weight is 441 g/mol. The highest BCUT2D eigenvalue weighted by Crippen LogP contribution is 2.37. The number of carbonyl (C=O) groups excluding carboxylic acids is 2. The van der Waals surface area contributed by atoms with Gasteiger partial charge in [0.15, 0.2) is 0 Å². The van der Waals surface area contributed by atoms with Crippen molar-refractivity contribution in [2.75, 3.05) is 26.3 Å². The molecule has 31 heavy (non-hydrogen) atoms. The van der Waals surface area contributed by atoms with Crippen LogP contribution in [0.15, 0.2) is 0 Å². The maximum Gasteiger partial charge on any atom is 0.225 e. The summed E-state index contributed by atoms with van der Waals surface area (Å²) in [5, 5.41) is 6.24. The van der Waals surface area contributed by atoms with Crippen LogP contribution < -0.4 is 10.6 Å². The molecule has 0 fully saturated rings. The van der Waals surface area contributed by atoms with Crippen molar-refractivity contribution in [1.29, 1.82) is 0 Å². The van der Waals surface area contributed by atoms with E-state index in [1.165, 1.54) is 0 Å². The average Bonchev–Trinajstić information content (AvgIpc) is 2.53. The summed E-state index contributed by atoms with van der Waals surface area (Å²) in [4.78, 5) is 24.9. The van der Waals surface area contributed by atoms with Crippen molar-refractivity contribution in [2.45, 2.75) is 102 Å². The molecule has 0 aliphatic heterocycles. The molecule has 0 aliphatic rings. The van der Waals surface area contributed by atoms with Crippen LogP contribution in [0.2, 0.25) is 0 Å². The Hall–Kier alpha value is -1.10. The molecule has 5 nitrogen and oxygen atoms in total. The first kappa shape index (κ1) is 29.9. The van der Waals surface area contributed by atoms with E-state index in [4.69, 9.17) is 4.74 Å². The summed E-state index contributed by atoms with van der Waals surface area (Å²) >= 11 is 0. The van der Waals surface area contributed by atoms with E-state index >= 15 is 0 Å². The lowest BCUT2D eigenvalue weighted by molar-refractivity contribution is -0.129. The van der Waals surface area contributed by atoms with Crippen molar-refractivity contribution in [3.05, 3.63) is 0 Å². The molecule has 0 aromatic heterocycles. The summed E-state index contributed by atoms with van der Waals surface area (Å²) in [6, 6.07) is 0.